The van der Waals surface area contributed by atoms with Crippen molar-refractivity contribution in [1.82, 2.24) is 4.57 Å². The first-order valence-electron chi connectivity index (χ1n) is 8.61. The van der Waals surface area contributed by atoms with Crippen LogP contribution in [0.25, 0.3) is 5.69 Å². The van der Waals surface area contributed by atoms with E-state index in [1.165, 1.54) is 34.9 Å². The molecule has 0 radical (unpaired) electrons. The molecule has 0 amide bonds. The van der Waals surface area contributed by atoms with Crippen molar-refractivity contribution in [3.8, 4) is 11.8 Å². The Bertz CT molecular complexity index is 1130. The summed E-state index contributed by atoms with van der Waals surface area (Å²) in [5.74, 6) is -0.571. The van der Waals surface area contributed by atoms with Crippen LogP contribution in [-0.2, 0) is 6.42 Å². The van der Waals surface area contributed by atoms with E-state index in [1.54, 1.807) is 0 Å². The molecule has 4 nitrogen and oxygen atoms in total. The van der Waals surface area contributed by atoms with Gasteiger partial charge in [-0.15, -0.1) is 0 Å². The molecule has 1 aliphatic rings. The van der Waals surface area contributed by atoms with Crippen LogP contribution >= 0.6 is 0 Å². The first-order valence-corrected chi connectivity index (χ1v) is 8.61. The summed E-state index contributed by atoms with van der Waals surface area (Å²) in [4.78, 5) is 25.6. The van der Waals surface area contributed by atoms with E-state index in [0.29, 0.717) is 29.8 Å². The molecule has 4 rings (SSSR count). The fourth-order valence-electron chi connectivity index (χ4n) is 3.64. The van der Waals surface area contributed by atoms with Gasteiger partial charge in [-0.2, -0.15) is 5.26 Å². The van der Waals surface area contributed by atoms with E-state index < -0.39 is 11.4 Å². The lowest BCUT2D eigenvalue weighted by Gasteiger charge is -2.27. The average molecular weight is 358 g/mol. The molecule has 132 valence electrons. The predicted molar refractivity (Wildman–Crippen MR) is 98.5 cm³/mol. The van der Waals surface area contributed by atoms with Crippen molar-refractivity contribution < 1.29 is 9.18 Å². The quantitative estimate of drug-likeness (QED) is 0.701. The fraction of sp³-hybridized carbons (Fsp3) is 0.136. The van der Waals surface area contributed by atoms with Crippen molar-refractivity contribution in [1.29, 1.82) is 5.26 Å². The monoisotopic (exact) mass is 358 g/mol. The molecule has 3 aromatic rings. The van der Waals surface area contributed by atoms with E-state index in [4.69, 9.17) is 0 Å². The maximum absolute atomic E-state index is 13.3. The number of benzene rings is 2. The minimum atomic E-state index is -0.496. The summed E-state index contributed by atoms with van der Waals surface area (Å²) in [7, 11) is 0. The maximum atomic E-state index is 13.3. The van der Waals surface area contributed by atoms with Crippen LogP contribution in [0.3, 0.4) is 0 Å². The number of aromatic nitrogens is 1. The van der Waals surface area contributed by atoms with Gasteiger partial charge >= 0.3 is 0 Å². The minimum Gasteiger partial charge on any atom is -0.294 e. The molecule has 0 saturated heterocycles. The van der Waals surface area contributed by atoms with Gasteiger partial charge in [0.25, 0.3) is 5.56 Å². The molecule has 27 heavy (non-hydrogen) atoms. The zero-order chi connectivity index (χ0) is 19.0. The summed E-state index contributed by atoms with van der Waals surface area (Å²) >= 11 is 0. The van der Waals surface area contributed by atoms with Gasteiger partial charge in [0.05, 0.1) is 0 Å². The summed E-state index contributed by atoms with van der Waals surface area (Å²) in [6.07, 6.45) is 0.812. The Kier molecular flexibility index (Phi) is 4.17. The van der Waals surface area contributed by atoms with Crippen LogP contribution in [0.1, 0.15) is 39.5 Å². The van der Waals surface area contributed by atoms with Gasteiger partial charge < -0.3 is 0 Å². The number of ketones is 1. The second kappa shape index (κ2) is 6.65. The van der Waals surface area contributed by atoms with Crippen molar-refractivity contribution >= 4 is 5.78 Å². The minimum absolute atomic E-state index is 0.0507. The first-order chi connectivity index (χ1) is 13.1. The van der Waals surface area contributed by atoms with Crippen molar-refractivity contribution in [2.24, 2.45) is 0 Å². The maximum Gasteiger partial charge on any atom is 0.273 e. The summed E-state index contributed by atoms with van der Waals surface area (Å²) in [5, 5.41) is 9.32. The summed E-state index contributed by atoms with van der Waals surface area (Å²) in [5.41, 5.74) is 1.84. The zero-order valence-corrected chi connectivity index (χ0v) is 14.4. The van der Waals surface area contributed by atoms with Crippen molar-refractivity contribution in [3.05, 3.63) is 99.2 Å². The highest BCUT2D eigenvalue weighted by molar-refractivity contribution is 5.99. The third-order valence-electron chi connectivity index (χ3n) is 4.95. The van der Waals surface area contributed by atoms with E-state index in [0.717, 1.165) is 5.56 Å². The van der Waals surface area contributed by atoms with Crippen LogP contribution in [0.2, 0.25) is 0 Å². The Morgan fingerprint density at radius 1 is 1.00 bits per heavy atom. The highest BCUT2D eigenvalue weighted by Gasteiger charge is 2.30. The Labute approximate surface area is 155 Å². The van der Waals surface area contributed by atoms with Crippen LogP contribution < -0.4 is 5.56 Å². The molecule has 1 aromatic heterocycles. The number of rotatable bonds is 2. The number of nitriles is 1. The number of hydrogen-bond acceptors (Lipinski definition) is 3. The molecule has 0 saturated carbocycles. The molecule has 0 aliphatic heterocycles. The van der Waals surface area contributed by atoms with Crippen molar-refractivity contribution in [3.63, 3.8) is 0 Å². The largest absolute Gasteiger partial charge is 0.294 e. The normalized spacial score (nSPS) is 15.9. The Balaban J connectivity index is 1.94. The number of Topliss-reactive ketones (excluding diaryl/α,β-unsaturated/α-hetero) is 1. The topological polar surface area (TPSA) is 62.9 Å². The van der Waals surface area contributed by atoms with E-state index in [1.807, 2.05) is 36.4 Å². The third-order valence-corrected chi connectivity index (χ3v) is 4.95. The van der Waals surface area contributed by atoms with Crippen LogP contribution in [-0.4, -0.2) is 10.4 Å². The van der Waals surface area contributed by atoms with Gasteiger partial charge in [0.2, 0.25) is 0 Å². The molecule has 5 heteroatoms. The van der Waals surface area contributed by atoms with Gasteiger partial charge in [-0.25, -0.2) is 4.39 Å². The van der Waals surface area contributed by atoms with Gasteiger partial charge in [-0.3, -0.25) is 14.2 Å². The average Bonchev–Trinajstić information content (AvgIpc) is 2.69. The van der Waals surface area contributed by atoms with Crippen molar-refractivity contribution in [2.75, 3.05) is 0 Å². The van der Waals surface area contributed by atoms with Gasteiger partial charge in [0, 0.05) is 23.4 Å². The second-order valence-corrected chi connectivity index (χ2v) is 6.59. The number of halogens is 1. The van der Waals surface area contributed by atoms with Crippen molar-refractivity contribution in [2.45, 2.75) is 18.8 Å². The molecule has 0 spiro atoms. The van der Waals surface area contributed by atoms with Crippen LogP contribution in [0.5, 0.6) is 0 Å². The van der Waals surface area contributed by atoms with Gasteiger partial charge in [-0.05, 0) is 48.2 Å². The lowest BCUT2D eigenvalue weighted by atomic mass is 9.81. The molecule has 0 bridgehead atoms. The van der Waals surface area contributed by atoms with Crippen LogP contribution in [0.4, 0.5) is 4.39 Å². The number of hydrogen-bond donors (Lipinski definition) is 0. The number of carbonyl (C=O) groups is 1. The van der Waals surface area contributed by atoms with E-state index in [-0.39, 0.29) is 17.3 Å². The molecule has 1 heterocycles. The molecule has 1 aliphatic carbocycles. The van der Waals surface area contributed by atoms with E-state index >= 15 is 0 Å². The third kappa shape index (κ3) is 2.96. The number of carbonyl (C=O) groups excluding carboxylic acids is 1. The molecule has 0 unspecified atom stereocenters. The highest BCUT2D eigenvalue weighted by atomic mass is 19.1. The summed E-state index contributed by atoms with van der Waals surface area (Å²) < 4.78 is 14.7. The van der Waals surface area contributed by atoms with E-state index in [2.05, 4.69) is 0 Å². The first kappa shape index (κ1) is 16.9. The molecule has 1 atom stereocenters. The molecule has 0 fully saturated rings. The van der Waals surface area contributed by atoms with Gasteiger partial charge in [0.1, 0.15) is 17.4 Å². The molecular formula is C22H15FN2O2. The van der Waals surface area contributed by atoms with Gasteiger partial charge in [0.15, 0.2) is 5.78 Å². The smallest absolute Gasteiger partial charge is 0.273 e. The second-order valence-electron chi connectivity index (χ2n) is 6.59. The SMILES string of the molecule is N#Cc1cc2c(n(-c3ccc(F)cc3)c1=O)C[C@@H](c1ccccc1)CC2=O. The van der Waals surface area contributed by atoms with Crippen LogP contribution in [0, 0.1) is 17.1 Å². The van der Waals surface area contributed by atoms with Gasteiger partial charge in [-0.1, -0.05) is 30.3 Å². The summed E-state index contributed by atoms with van der Waals surface area (Å²) in [6, 6.07) is 18.4. The molecule has 2 aromatic carbocycles. The molecular weight excluding hydrogens is 343 g/mol. The summed E-state index contributed by atoms with van der Waals surface area (Å²) in [6.45, 7) is 0. The lowest BCUT2D eigenvalue weighted by Crippen LogP contribution is -2.31. The fourth-order valence-corrected chi connectivity index (χ4v) is 3.64. The number of pyridine rings is 1. The number of nitrogens with zero attached hydrogens (tertiary/aromatic N) is 2. The zero-order valence-electron chi connectivity index (χ0n) is 14.4. The Hall–Kier alpha value is -3.52. The van der Waals surface area contributed by atoms with Crippen LogP contribution in [0.15, 0.2) is 65.5 Å². The van der Waals surface area contributed by atoms with E-state index in [9.17, 15) is 19.2 Å². The lowest BCUT2D eigenvalue weighted by molar-refractivity contribution is 0.0962. The molecule has 0 N–H and O–H groups in total. The Morgan fingerprint density at radius 3 is 2.37 bits per heavy atom. The highest BCUT2D eigenvalue weighted by Crippen LogP contribution is 2.33. The standard InChI is InChI=1S/C22H15FN2O2/c23-17-6-8-18(9-7-17)25-20-11-15(14-4-2-1-3-5-14)12-21(26)19(20)10-16(13-24)22(25)27/h1-10,15H,11-12H2/t15-/m1/s1. The predicted octanol–water partition coefficient (Wildman–Crippen LogP) is 3.76. The Morgan fingerprint density at radius 2 is 1.70 bits per heavy atom. The number of fused-ring (bicyclic) bond motifs is 1.